The second kappa shape index (κ2) is 5.63. The first-order chi connectivity index (χ1) is 10.2. The number of carbonyl (C=O) groups is 2. The molecule has 6 heteroatoms. The van der Waals surface area contributed by atoms with E-state index in [1.54, 1.807) is 11.0 Å². The smallest absolute Gasteiger partial charge is 0.308 e. The maximum Gasteiger partial charge on any atom is 0.308 e. The summed E-state index contributed by atoms with van der Waals surface area (Å²) in [4.78, 5) is 25.4. The Kier molecular flexibility index (Phi) is 3.68. The van der Waals surface area contributed by atoms with Gasteiger partial charge >= 0.3 is 5.97 Å². The van der Waals surface area contributed by atoms with Gasteiger partial charge in [-0.1, -0.05) is 6.07 Å². The van der Waals surface area contributed by atoms with Crippen molar-refractivity contribution in [3.63, 3.8) is 0 Å². The predicted molar refractivity (Wildman–Crippen MR) is 76.7 cm³/mol. The lowest BCUT2D eigenvalue weighted by molar-refractivity contribution is -0.143. The molecule has 2 heterocycles. The number of hydrogen-bond donors (Lipinski definition) is 2. The molecule has 1 aromatic rings. The van der Waals surface area contributed by atoms with Gasteiger partial charge in [0.2, 0.25) is 0 Å². The first-order valence-corrected chi connectivity index (χ1v) is 7.18. The Morgan fingerprint density at radius 1 is 1.38 bits per heavy atom. The molecular weight excluding hydrogens is 272 g/mol. The molecule has 0 saturated carbocycles. The summed E-state index contributed by atoms with van der Waals surface area (Å²) in [6, 6.07) is 5.42. The van der Waals surface area contributed by atoms with Crippen LogP contribution in [0.25, 0.3) is 0 Å². The normalized spacial score (nSPS) is 21.0. The zero-order chi connectivity index (χ0) is 14.8. The van der Waals surface area contributed by atoms with Crippen molar-refractivity contribution in [1.82, 2.24) is 4.90 Å². The number of nitrogens with zero attached hydrogens (tertiary/aromatic N) is 1. The Morgan fingerprint density at radius 2 is 2.24 bits per heavy atom. The first kappa shape index (κ1) is 13.7. The molecule has 1 unspecified atom stereocenters. The van der Waals surface area contributed by atoms with E-state index in [0.717, 1.165) is 18.7 Å². The lowest BCUT2D eigenvalue weighted by Crippen LogP contribution is -2.42. The van der Waals surface area contributed by atoms with Gasteiger partial charge in [-0.05, 0) is 25.0 Å². The molecule has 0 bridgehead atoms. The molecule has 2 aliphatic heterocycles. The van der Waals surface area contributed by atoms with Crippen molar-refractivity contribution < 1.29 is 19.4 Å². The van der Waals surface area contributed by atoms with Crippen LogP contribution in [0.3, 0.4) is 0 Å². The van der Waals surface area contributed by atoms with Gasteiger partial charge in [0.05, 0.1) is 17.2 Å². The fourth-order valence-corrected chi connectivity index (χ4v) is 2.87. The second-order valence-corrected chi connectivity index (χ2v) is 5.39. The number of hydrogen-bond acceptors (Lipinski definition) is 4. The molecule has 112 valence electrons. The van der Waals surface area contributed by atoms with E-state index in [2.05, 4.69) is 5.32 Å². The van der Waals surface area contributed by atoms with Crippen molar-refractivity contribution in [3.8, 4) is 5.75 Å². The van der Waals surface area contributed by atoms with Gasteiger partial charge in [0, 0.05) is 19.6 Å². The van der Waals surface area contributed by atoms with Crippen molar-refractivity contribution in [2.24, 2.45) is 5.92 Å². The van der Waals surface area contributed by atoms with Crippen LogP contribution in [0.5, 0.6) is 5.75 Å². The molecule has 3 rings (SSSR count). The topological polar surface area (TPSA) is 78.9 Å². The number of para-hydroxylation sites is 1. The van der Waals surface area contributed by atoms with E-state index >= 15 is 0 Å². The highest BCUT2D eigenvalue weighted by molar-refractivity contribution is 5.99. The molecule has 0 aliphatic carbocycles. The Hall–Kier alpha value is -2.24. The minimum absolute atomic E-state index is 0.151. The van der Waals surface area contributed by atoms with E-state index in [9.17, 15) is 9.59 Å². The average molecular weight is 290 g/mol. The molecule has 1 aromatic carbocycles. The maximum absolute atomic E-state index is 12.7. The molecular formula is C15H18N2O4. The van der Waals surface area contributed by atoms with Gasteiger partial charge in [-0.15, -0.1) is 0 Å². The summed E-state index contributed by atoms with van der Waals surface area (Å²) >= 11 is 0. The molecule has 1 fully saturated rings. The van der Waals surface area contributed by atoms with Gasteiger partial charge in [-0.25, -0.2) is 0 Å². The minimum atomic E-state index is -0.833. The summed E-state index contributed by atoms with van der Waals surface area (Å²) in [6.45, 7) is 2.11. The Labute approximate surface area is 122 Å². The first-order valence-electron chi connectivity index (χ1n) is 7.18. The molecule has 2 aliphatic rings. The fraction of sp³-hybridized carbons (Fsp3) is 0.467. The van der Waals surface area contributed by atoms with Crippen LogP contribution in [0, 0.1) is 5.92 Å². The van der Waals surface area contributed by atoms with E-state index in [-0.39, 0.29) is 12.5 Å². The zero-order valence-corrected chi connectivity index (χ0v) is 11.7. The number of rotatable bonds is 2. The third-order valence-corrected chi connectivity index (χ3v) is 3.97. The van der Waals surface area contributed by atoms with Crippen LogP contribution in [-0.2, 0) is 4.79 Å². The number of fused-ring (bicyclic) bond motifs is 1. The van der Waals surface area contributed by atoms with Crippen molar-refractivity contribution in [3.05, 3.63) is 23.8 Å². The number of likely N-dealkylation sites (tertiary alicyclic amines) is 1. The molecule has 0 radical (unpaired) electrons. The monoisotopic (exact) mass is 290 g/mol. The summed E-state index contributed by atoms with van der Waals surface area (Å²) in [5, 5.41) is 12.3. The van der Waals surface area contributed by atoms with E-state index in [1.807, 2.05) is 12.1 Å². The number of ether oxygens (including phenoxy) is 1. The number of carboxylic acid groups (broad SMARTS) is 1. The quantitative estimate of drug-likeness (QED) is 0.861. The van der Waals surface area contributed by atoms with Crippen LogP contribution in [0.2, 0.25) is 0 Å². The zero-order valence-electron chi connectivity index (χ0n) is 11.7. The maximum atomic E-state index is 12.7. The number of carbonyl (C=O) groups excluding carboxylic acids is 1. The van der Waals surface area contributed by atoms with Crippen molar-refractivity contribution in [2.75, 3.05) is 31.6 Å². The summed E-state index contributed by atoms with van der Waals surface area (Å²) in [7, 11) is 0. The molecule has 21 heavy (non-hydrogen) atoms. The number of carboxylic acids is 1. The van der Waals surface area contributed by atoms with Crippen LogP contribution >= 0.6 is 0 Å². The number of nitrogens with one attached hydrogen (secondary N) is 1. The van der Waals surface area contributed by atoms with E-state index < -0.39 is 11.9 Å². The average Bonchev–Trinajstić information content (AvgIpc) is 2.53. The lowest BCUT2D eigenvalue weighted by atomic mass is 9.97. The highest BCUT2D eigenvalue weighted by Crippen LogP contribution is 2.32. The summed E-state index contributed by atoms with van der Waals surface area (Å²) in [6.07, 6.45) is 1.35. The van der Waals surface area contributed by atoms with E-state index in [1.165, 1.54) is 0 Å². The molecule has 6 nitrogen and oxygen atoms in total. The number of amides is 1. The van der Waals surface area contributed by atoms with Gasteiger partial charge in [0.25, 0.3) is 5.91 Å². The summed E-state index contributed by atoms with van der Waals surface area (Å²) in [5.74, 6) is -0.880. The molecule has 0 aromatic heterocycles. The SMILES string of the molecule is O=C(O)C1CCCN(C(=O)c2cccc3c2OCCN3)C1. The third kappa shape index (κ3) is 2.66. The van der Waals surface area contributed by atoms with Crippen LogP contribution < -0.4 is 10.1 Å². The Balaban J connectivity index is 1.83. The molecule has 1 amide bonds. The number of piperidine rings is 1. The van der Waals surface area contributed by atoms with Crippen molar-refractivity contribution in [1.29, 1.82) is 0 Å². The highest BCUT2D eigenvalue weighted by atomic mass is 16.5. The molecule has 1 atom stereocenters. The fourth-order valence-electron chi connectivity index (χ4n) is 2.87. The van der Waals surface area contributed by atoms with Crippen LogP contribution in [0.1, 0.15) is 23.2 Å². The second-order valence-electron chi connectivity index (χ2n) is 5.39. The van der Waals surface area contributed by atoms with Gasteiger partial charge in [-0.3, -0.25) is 9.59 Å². The third-order valence-electron chi connectivity index (χ3n) is 3.97. The van der Waals surface area contributed by atoms with Crippen LogP contribution in [0.15, 0.2) is 18.2 Å². The standard InChI is InChI=1S/C15H18N2O4/c18-14(17-7-2-3-10(9-17)15(19)20)11-4-1-5-12-13(11)21-8-6-16-12/h1,4-5,10,16H,2-3,6-9H2,(H,19,20). The number of benzene rings is 1. The number of anilines is 1. The summed E-state index contributed by atoms with van der Waals surface area (Å²) in [5.41, 5.74) is 1.32. The van der Waals surface area contributed by atoms with Gasteiger partial charge in [0.15, 0.2) is 5.75 Å². The predicted octanol–water partition coefficient (Wildman–Crippen LogP) is 1.43. The van der Waals surface area contributed by atoms with Gasteiger partial charge in [0.1, 0.15) is 6.61 Å². The Morgan fingerprint density at radius 3 is 3.05 bits per heavy atom. The van der Waals surface area contributed by atoms with Crippen molar-refractivity contribution >= 4 is 17.6 Å². The summed E-state index contributed by atoms with van der Waals surface area (Å²) < 4.78 is 5.61. The molecule has 1 saturated heterocycles. The van der Waals surface area contributed by atoms with Crippen molar-refractivity contribution in [2.45, 2.75) is 12.8 Å². The van der Waals surface area contributed by atoms with E-state index in [4.69, 9.17) is 9.84 Å². The van der Waals surface area contributed by atoms with E-state index in [0.29, 0.717) is 30.9 Å². The highest BCUT2D eigenvalue weighted by Gasteiger charge is 2.30. The van der Waals surface area contributed by atoms with Crippen LogP contribution in [-0.4, -0.2) is 48.1 Å². The van der Waals surface area contributed by atoms with Crippen LogP contribution in [0.4, 0.5) is 5.69 Å². The minimum Gasteiger partial charge on any atom is -0.489 e. The largest absolute Gasteiger partial charge is 0.489 e. The lowest BCUT2D eigenvalue weighted by Gasteiger charge is -2.31. The number of aliphatic carboxylic acids is 1. The van der Waals surface area contributed by atoms with Gasteiger partial charge < -0.3 is 20.1 Å². The Bertz CT molecular complexity index is 573. The molecule has 0 spiro atoms. The molecule has 2 N–H and O–H groups in total. The van der Waals surface area contributed by atoms with Gasteiger partial charge in [-0.2, -0.15) is 0 Å².